The quantitative estimate of drug-likeness (QED) is 0.827. The van der Waals surface area contributed by atoms with Crippen molar-refractivity contribution in [2.24, 2.45) is 0 Å². The molecule has 106 valence electrons. The molecule has 0 fully saturated rings. The predicted octanol–water partition coefficient (Wildman–Crippen LogP) is 4.80. The summed E-state index contributed by atoms with van der Waals surface area (Å²) in [6, 6.07) is 5.71. The van der Waals surface area contributed by atoms with Crippen LogP contribution in [0.1, 0.15) is 25.3 Å². The molecule has 2 N–H and O–H groups in total. The fourth-order valence-corrected chi connectivity index (χ4v) is 2.38. The van der Waals surface area contributed by atoms with Gasteiger partial charge in [-0.25, -0.2) is 9.97 Å². The average molecular weight is 356 g/mol. The van der Waals surface area contributed by atoms with E-state index in [1.165, 1.54) is 0 Å². The molecular weight excluding hydrogens is 340 g/mol. The Balaban J connectivity index is 2.40. The Kier molecular flexibility index (Phi) is 4.83. The van der Waals surface area contributed by atoms with Gasteiger partial charge in [0.05, 0.1) is 5.02 Å². The highest BCUT2D eigenvalue weighted by molar-refractivity contribution is 9.10. The number of nitrogens with one attached hydrogen (secondary N) is 2. The first-order valence-corrected chi connectivity index (χ1v) is 7.44. The molecular formula is C14H16BrClN4. The lowest BCUT2D eigenvalue weighted by atomic mass is 10.0. The summed E-state index contributed by atoms with van der Waals surface area (Å²) in [5.41, 5.74) is 1.94. The number of aromatic nitrogens is 2. The summed E-state index contributed by atoms with van der Waals surface area (Å²) in [6.45, 7) is 4.22. The van der Waals surface area contributed by atoms with Crippen LogP contribution in [0.3, 0.4) is 0 Å². The van der Waals surface area contributed by atoms with Gasteiger partial charge >= 0.3 is 0 Å². The van der Waals surface area contributed by atoms with Gasteiger partial charge in [0.1, 0.15) is 18.0 Å². The zero-order chi connectivity index (χ0) is 14.7. The largest absolute Gasteiger partial charge is 0.373 e. The van der Waals surface area contributed by atoms with Gasteiger partial charge in [0.25, 0.3) is 0 Å². The molecule has 0 saturated heterocycles. The summed E-state index contributed by atoms with van der Waals surface area (Å²) < 4.78 is 0.868. The molecule has 6 heteroatoms. The van der Waals surface area contributed by atoms with Crippen LogP contribution in [-0.2, 0) is 0 Å². The number of rotatable bonds is 4. The SMILES string of the molecule is CNc1ncnc(Nc2ccc(Br)c(Cl)c2)c1C(C)C. The molecule has 0 spiro atoms. The third-order valence-corrected chi connectivity index (χ3v) is 4.11. The first-order chi connectivity index (χ1) is 9.52. The first kappa shape index (κ1) is 15.1. The van der Waals surface area contributed by atoms with E-state index in [4.69, 9.17) is 11.6 Å². The van der Waals surface area contributed by atoms with Crippen LogP contribution < -0.4 is 10.6 Å². The minimum Gasteiger partial charge on any atom is -0.373 e. The van der Waals surface area contributed by atoms with Crippen molar-refractivity contribution in [3.63, 3.8) is 0 Å². The molecule has 0 saturated carbocycles. The summed E-state index contributed by atoms with van der Waals surface area (Å²) in [4.78, 5) is 8.60. The summed E-state index contributed by atoms with van der Waals surface area (Å²) >= 11 is 9.49. The highest BCUT2D eigenvalue weighted by Crippen LogP contribution is 2.32. The molecule has 1 aromatic heterocycles. The Hall–Kier alpha value is -1.33. The van der Waals surface area contributed by atoms with E-state index in [1.807, 2.05) is 25.2 Å². The molecule has 0 radical (unpaired) electrons. The Morgan fingerprint density at radius 1 is 1.20 bits per heavy atom. The molecule has 20 heavy (non-hydrogen) atoms. The van der Waals surface area contributed by atoms with Crippen molar-refractivity contribution in [1.82, 2.24) is 9.97 Å². The predicted molar refractivity (Wildman–Crippen MR) is 88.1 cm³/mol. The Morgan fingerprint density at radius 2 is 1.90 bits per heavy atom. The van der Waals surface area contributed by atoms with E-state index in [0.29, 0.717) is 10.9 Å². The number of benzene rings is 1. The topological polar surface area (TPSA) is 49.8 Å². The van der Waals surface area contributed by atoms with Crippen LogP contribution in [0, 0.1) is 0 Å². The van der Waals surface area contributed by atoms with Gasteiger partial charge in [-0.15, -0.1) is 0 Å². The maximum Gasteiger partial charge on any atom is 0.139 e. The molecule has 0 atom stereocenters. The molecule has 2 rings (SSSR count). The Morgan fingerprint density at radius 3 is 2.50 bits per heavy atom. The summed E-state index contributed by atoms with van der Waals surface area (Å²) in [5, 5.41) is 7.06. The van der Waals surface area contributed by atoms with Crippen LogP contribution in [0.2, 0.25) is 5.02 Å². The van der Waals surface area contributed by atoms with Crippen molar-refractivity contribution in [3.8, 4) is 0 Å². The van der Waals surface area contributed by atoms with Crippen molar-refractivity contribution in [3.05, 3.63) is 39.6 Å². The number of hydrogen-bond acceptors (Lipinski definition) is 4. The molecule has 0 amide bonds. The molecule has 1 heterocycles. The van der Waals surface area contributed by atoms with E-state index < -0.39 is 0 Å². The van der Waals surface area contributed by atoms with Gasteiger partial charge < -0.3 is 10.6 Å². The maximum atomic E-state index is 6.11. The summed E-state index contributed by atoms with van der Waals surface area (Å²) in [6.07, 6.45) is 1.54. The van der Waals surface area contributed by atoms with Crippen LogP contribution in [-0.4, -0.2) is 17.0 Å². The zero-order valence-electron chi connectivity index (χ0n) is 11.5. The van der Waals surface area contributed by atoms with E-state index in [2.05, 4.69) is 50.4 Å². The van der Waals surface area contributed by atoms with Crippen molar-refractivity contribution < 1.29 is 0 Å². The minimum atomic E-state index is 0.298. The van der Waals surface area contributed by atoms with E-state index in [1.54, 1.807) is 6.33 Å². The molecule has 2 aromatic rings. The lowest BCUT2D eigenvalue weighted by molar-refractivity contribution is 0.852. The van der Waals surface area contributed by atoms with Crippen LogP contribution >= 0.6 is 27.5 Å². The van der Waals surface area contributed by atoms with Gasteiger partial charge in [-0.3, -0.25) is 0 Å². The van der Waals surface area contributed by atoms with Gasteiger partial charge in [-0.05, 0) is 40.0 Å². The first-order valence-electron chi connectivity index (χ1n) is 6.27. The standard InChI is InChI=1S/C14H16BrClN4/c1-8(2)12-13(17-3)18-7-19-14(12)20-9-4-5-10(15)11(16)6-9/h4-8H,1-3H3,(H2,17,18,19,20). The number of hydrogen-bond donors (Lipinski definition) is 2. The smallest absolute Gasteiger partial charge is 0.139 e. The van der Waals surface area contributed by atoms with Crippen LogP contribution in [0.5, 0.6) is 0 Å². The summed E-state index contributed by atoms with van der Waals surface area (Å²) in [5.74, 6) is 1.92. The van der Waals surface area contributed by atoms with E-state index in [-0.39, 0.29) is 0 Å². The summed E-state index contributed by atoms with van der Waals surface area (Å²) in [7, 11) is 1.86. The second-order valence-electron chi connectivity index (χ2n) is 4.64. The highest BCUT2D eigenvalue weighted by atomic mass is 79.9. The van der Waals surface area contributed by atoms with Crippen molar-refractivity contribution in [2.45, 2.75) is 19.8 Å². The number of anilines is 3. The molecule has 0 aliphatic rings. The highest BCUT2D eigenvalue weighted by Gasteiger charge is 2.14. The average Bonchev–Trinajstić information content (AvgIpc) is 2.42. The molecule has 0 aliphatic carbocycles. The van der Waals surface area contributed by atoms with Crippen molar-refractivity contribution in [2.75, 3.05) is 17.7 Å². The minimum absolute atomic E-state index is 0.298. The van der Waals surface area contributed by atoms with Crippen LogP contribution in [0.25, 0.3) is 0 Å². The van der Waals surface area contributed by atoms with Gasteiger partial charge in [-0.1, -0.05) is 25.4 Å². The monoisotopic (exact) mass is 354 g/mol. The Bertz CT molecular complexity index is 616. The van der Waals surface area contributed by atoms with Crippen LogP contribution in [0.4, 0.5) is 17.3 Å². The lowest BCUT2D eigenvalue weighted by Crippen LogP contribution is -2.06. The van der Waals surface area contributed by atoms with Gasteiger partial charge in [0.15, 0.2) is 0 Å². The van der Waals surface area contributed by atoms with Crippen molar-refractivity contribution in [1.29, 1.82) is 0 Å². The maximum absolute atomic E-state index is 6.11. The van der Waals surface area contributed by atoms with E-state index in [0.717, 1.165) is 27.4 Å². The molecule has 1 aromatic carbocycles. The van der Waals surface area contributed by atoms with E-state index in [9.17, 15) is 0 Å². The second-order valence-corrected chi connectivity index (χ2v) is 5.90. The lowest BCUT2D eigenvalue weighted by Gasteiger charge is -2.16. The molecule has 0 unspecified atom stereocenters. The van der Waals surface area contributed by atoms with Gasteiger partial charge in [0.2, 0.25) is 0 Å². The van der Waals surface area contributed by atoms with Gasteiger partial charge in [-0.2, -0.15) is 0 Å². The number of halogens is 2. The zero-order valence-corrected chi connectivity index (χ0v) is 13.9. The normalized spacial score (nSPS) is 10.7. The van der Waals surface area contributed by atoms with E-state index >= 15 is 0 Å². The second kappa shape index (κ2) is 6.41. The molecule has 4 nitrogen and oxygen atoms in total. The fourth-order valence-electron chi connectivity index (χ4n) is 1.95. The molecule has 0 aliphatic heterocycles. The third kappa shape index (κ3) is 3.22. The van der Waals surface area contributed by atoms with Crippen LogP contribution in [0.15, 0.2) is 29.0 Å². The Labute approximate surface area is 132 Å². The molecule has 0 bridgehead atoms. The van der Waals surface area contributed by atoms with Gasteiger partial charge in [0, 0.05) is 22.8 Å². The third-order valence-electron chi connectivity index (χ3n) is 2.88. The fraction of sp³-hybridized carbons (Fsp3) is 0.286. The number of nitrogens with zero attached hydrogens (tertiary/aromatic N) is 2. The van der Waals surface area contributed by atoms with Crippen molar-refractivity contribution >= 4 is 44.9 Å².